The number of amides is 2. The van der Waals surface area contributed by atoms with Gasteiger partial charge in [0.1, 0.15) is 6.54 Å². The summed E-state index contributed by atoms with van der Waals surface area (Å²) >= 11 is 3.49. The van der Waals surface area contributed by atoms with Crippen molar-refractivity contribution in [1.29, 1.82) is 0 Å². The molecule has 0 aliphatic carbocycles. The second kappa shape index (κ2) is 13.0. The third-order valence-electron chi connectivity index (χ3n) is 6.50. The number of aromatic nitrogens is 1. The molecule has 2 aromatic carbocycles. The minimum absolute atomic E-state index is 0.0303. The maximum Gasteiger partial charge on any atom is 0.254 e. The van der Waals surface area contributed by atoms with Crippen LogP contribution in [0.1, 0.15) is 55.2 Å². The van der Waals surface area contributed by atoms with E-state index in [0.717, 1.165) is 29.6 Å². The van der Waals surface area contributed by atoms with Crippen LogP contribution < -0.4 is 9.47 Å². The molecule has 2 heterocycles. The molecular weight excluding hydrogens is 546 g/mol. The third-order valence-corrected chi connectivity index (χ3v) is 7.02. The van der Waals surface area contributed by atoms with Crippen molar-refractivity contribution in [1.82, 2.24) is 14.4 Å². The lowest BCUT2D eigenvalue weighted by molar-refractivity contribution is -0.132. The Hall–Kier alpha value is -3.26. The van der Waals surface area contributed by atoms with Gasteiger partial charge < -0.3 is 23.8 Å². The van der Waals surface area contributed by atoms with Gasteiger partial charge in [-0.15, -0.1) is 0 Å². The molecule has 0 N–H and O–H groups in total. The van der Waals surface area contributed by atoms with Crippen LogP contribution in [-0.2, 0) is 17.9 Å². The van der Waals surface area contributed by atoms with Crippen LogP contribution in [0, 0.1) is 5.92 Å². The number of carbonyl (C=O) groups excluding carboxylic acids is 2. The Morgan fingerprint density at radius 2 is 1.79 bits per heavy atom. The lowest BCUT2D eigenvalue weighted by Crippen LogP contribution is -2.44. The summed E-state index contributed by atoms with van der Waals surface area (Å²) in [5.41, 5.74) is 2.75. The van der Waals surface area contributed by atoms with E-state index in [4.69, 9.17) is 9.47 Å². The van der Waals surface area contributed by atoms with E-state index in [1.807, 2.05) is 43.1 Å². The number of halogens is 1. The molecule has 0 spiro atoms. The molecule has 2 amide bonds. The van der Waals surface area contributed by atoms with Gasteiger partial charge >= 0.3 is 0 Å². The molecule has 4 rings (SSSR count). The van der Waals surface area contributed by atoms with Crippen molar-refractivity contribution in [2.24, 2.45) is 5.92 Å². The average molecular weight is 583 g/mol. The van der Waals surface area contributed by atoms with Crippen LogP contribution in [-0.4, -0.2) is 52.6 Å². The number of hydrogen-bond acceptors (Lipinski definition) is 4. The van der Waals surface area contributed by atoms with Crippen LogP contribution in [0.15, 0.2) is 65.3 Å². The molecule has 3 aromatic rings. The minimum atomic E-state index is -0.181. The van der Waals surface area contributed by atoms with Gasteiger partial charge in [0.15, 0.2) is 11.5 Å². The molecular formula is C30H36BrN3O4. The predicted octanol–water partition coefficient (Wildman–Crippen LogP) is 5.95. The lowest BCUT2D eigenvalue weighted by Gasteiger charge is -2.29. The molecule has 0 radical (unpaired) electrons. The summed E-state index contributed by atoms with van der Waals surface area (Å²) in [6.45, 7) is 8.76. The summed E-state index contributed by atoms with van der Waals surface area (Å²) in [7, 11) is 0. The van der Waals surface area contributed by atoms with Crippen LogP contribution in [0.2, 0.25) is 0 Å². The molecule has 7 nitrogen and oxygen atoms in total. The zero-order chi connectivity index (χ0) is 27.1. The van der Waals surface area contributed by atoms with Crippen molar-refractivity contribution in [3.63, 3.8) is 0 Å². The van der Waals surface area contributed by atoms with Crippen LogP contribution in [0.25, 0.3) is 0 Å². The second-order valence-corrected chi connectivity index (χ2v) is 11.0. The molecule has 0 saturated carbocycles. The molecule has 0 bridgehead atoms. The van der Waals surface area contributed by atoms with E-state index in [2.05, 4.69) is 45.6 Å². The first-order valence-corrected chi connectivity index (χ1v) is 14.0. The van der Waals surface area contributed by atoms with Crippen molar-refractivity contribution >= 4 is 27.7 Å². The van der Waals surface area contributed by atoms with Gasteiger partial charge in [-0.3, -0.25) is 9.59 Å². The van der Waals surface area contributed by atoms with Gasteiger partial charge in [0, 0.05) is 41.6 Å². The zero-order valence-electron chi connectivity index (χ0n) is 22.4. The highest BCUT2D eigenvalue weighted by molar-refractivity contribution is 9.10. The van der Waals surface area contributed by atoms with E-state index in [-0.39, 0.29) is 31.1 Å². The molecule has 0 fully saturated rings. The van der Waals surface area contributed by atoms with Crippen molar-refractivity contribution in [2.45, 2.75) is 46.7 Å². The monoisotopic (exact) mass is 581 g/mol. The Kier molecular flexibility index (Phi) is 9.50. The van der Waals surface area contributed by atoms with E-state index >= 15 is 0 Å². The molecule has 0 atom stereocenters. The highest BCUT2D eigenvalue weighted by Gasteiger charge is 2.25. The van der Waals surface area contributed by atoms with Gasteiger partial charge in [-0.1, -0.05) is 55.3 Å². The molecule has 0 unspecified atom stereocenters. The predicted molar refractivity (Wildman–Crippen MR) is 151 cm³/mol. The Labute approximate surface area is 233 Å². The topological polar surface area (TPSA) is 64.0 Å². The number of fused-ring (bicyclic) bond motifs is 1. The summed E-state index contributed by atoms with van der Waals surface area (Å²) in [6, 6.07) is 17.5. The first kappa shape index (κ1) is 27.8. The minimum Gasteiger partial charge on any atom is -0.454 e. The average Bonchev–Trinajstić information content (AvgIpc) is 3.55. The summed E-state index contributed by atoms with van der Waals surface area (Å²) in [5.74, 6) is 1.17. The summed E-state index contributed by atoms with van der Waals surface area (Å²) < 4.78 is 14.1. The highest BCUT2D eigenvalue weighted by Crippen LogP contribution is 2.33. The van der Waals surface area contributed by atoms with E-state index in [1.165, 1.54) is 5.56 Å². The molecule has 1 aliphatic rings. The summed E-state index contributed by atoms with van der Waals surface area (Å²) in [4.78, 5) is 30.7. The molecule has 38 heavy (non-hydrogen) atoms. The Morgan fingerprint density at radius 1 is 1.03 bits per heavy atom. The Bertz CT molecular complexity index is 1240. The first-order valence-electron chi connectivity index (χ1n) is 13.2. The number of hydrogen-bond donors (Lipinski definition) is 0. The van der Waals surface area contributed by atoms with Crippen molar-refractivity contribution in [2.75, 3.05) is 26.4 Å². The largest absolute Gasteiger partial charge is 0.454 e. The van der Waals surface area contributed by atoms with Crippen molar-refractivity contribution < 1.29 is 19.1 Å². The maximum absolute atomic E-state index is 13.7. The van der Waals surface area contributed by atoms with E-state index in [9.17, 15) is 9.59 Å². The number of carbonyl (C=O) groups is 2. The van der Waals surface area contributed by atoms with Crippen molar-refractivity contribution in [3.8, 4) is 11.5 Å². The van der Waals surface area contributed by atoms with E-state index in [0.29, 0.717) is 36.7 Å². The number of benzene rings is 2. The molecule has 8 heteroatoms. The SMILES string of the molecule is CCCCN(Cc1cccn1Cc1ccc(Br)cc1)C(=O)CN(CC(C)C)C(=O)c1ccc2c(c1)OCO2. The highest BCUT2D eigenvalue weighted by atomic mass is 79.9. The first-order chi connectivity index (χ1) is 18.3. The molecule has 202 valence electrons. The van der Waals surface area contributed by atoms with Crippen LogP contribution in [0.5, 0.6) is 11.5 Å². The van der Waals surface area contributed by atoms with Crippen molar-refractivity contribution in [3.05, 3.63) is 82.1 Å². The van der Waals surface area contributed by atoms with Crippen LogP contribution >= 0.6 is 15.9 Å². The normalized spacial score (nSPS) is 12.1. The zero-order valence-corrected chi connectivity index (χ0v) is 23.9. The standard InChI is InChI=1S/C30H36BrN3O4/c1-4-5-14-33(19-26-7-6-15-32(26)18-23-8-11-25(31)12-9-23)29(35)20-34(17-22(2)3)30(36)24-10-13-27-28(16-24)38-21-37-27/h6-13,15-16,22H,4-5,14,17-21H2,1-3H3. The van der Waals surface area contributed by atoms with Gasteiger partial charge in [-0.25, -0.2) is 0 Å². The fraction of sp³-hybridized carbons (Fsp3) is 0.400. The lowest BCUT2D eigenvalue weighted by atomic mass is 10.1. The Morgan fingerprint density at radius 3 is 2.53 bits per heavy atom. The van der Waals surface area contributed by atoms with Gasteiger partial charge in [-0.2, -0.15) is 0 Å². The number of rotatable bonds is 12. The van der Waals surface area contributed by atoms with Gasteiger partial charge in [0.2, 0.25) is 12.7 Å². The number of ether oxygens (including phenoxy) is 2. The van der Waals surface area contributed by atoms with E-state index in [1.54, 1.807) is 23.1 Å². The van der Waals surface area contributed by atoms with Gasteiger partial charge in [0.05, 0.1) is 6.54 Å². The van der Waals surface area contributed by atoms with Gasteiger partial charge in [-0.05, 0) is 60.4 Å². The van der Waals surface area contributed by atoms with E-state index < -0.39 is 0 Å². The fourth-order valence-electron chi connectivity index (χ4n) is 4.51. The fourth-order valence-corrected chi connectivity index (χ4v) is 4.77. The third kappa shape index (κ3) is 7.19. The number of unbranched alkanes of at least 4 members (excludes halogenated alkanes) is 1. The summed E-state index contributed by atoms with van der Waals surface area (Å²) in [5, 5.41) is 0. The molecule has 1 aliphatic heterocycles. The second-order valence-electron chi connectivity index (χ2n) is 10.1. The van der Waals surface area contributed by atoms with Crippen LogP contribution in [0.3, 0.4) is 0 Å². The smallest absolute Gasteiger partial charge is 0.254 e. The number of nitrogens with zero attached hydrogens (tertiary/aromatic N) is 3. The molecule has 1 aromatic heterocycles. The van der Waals surface area contributed by atoms with Gasteiger partial charge in [0.25, 0.3) is 5.91 Å². The maximum atomic E-state index is 13.7. The van der Waals surface area contributed by atoms with Crippen LogP contribution in [0.4, 0.5) is 0 Å². The molecule has 0 saturated heterocycles. The summed E-state index contributed by atoms with van der Waals surface area (Å²) in [6.07, 6.45) is 3.93. The Balaban J connectivity index is 1.49. The quantitative estimate of drug-likeness (QED) is 0.265.